The summed E-state index contributed by atoms with van der Waals surface area (Å²) in [6, 6.07) is 6.46. The van der Waals surface area contributed by atoms with E-state index >= 15 is 0 Å². The van der Waals surface area contributed by atoms with Crippen LogP contribution < -0.4 is 15.4 Å². The lowest BCUT2D eigenvalue weighted by molar-refractivity contribution is 0.0290. The molecular weight excluding hydrogens is 228 g/mol. The Labute approximate surface area is 108 Å². The Kier molecular flexibility index (Phi) is 3.78. The molecule has 4 nitrogen and oxygen atoms in total. The Morgan fingerprint density at radius 1 is 1.33 bits per heavy atom. The summed E-state index contributed by atoms with van der Waals surface area (Å²) in [5.41, 5.74) is 2.66. The normalized spacial score (nSPS) is 22.6. The molecule has 1 fully saturated rings. The molecule has 2 N–H and O–H groups in total. The molecule has 0 aromatic heterocycles. The van der Waals surface area contributed by atoms with Gasteiger partial charge in [0, 0.05) is 32.6 Å². The lowest BCUT2D eigenvalue weighted by Crippen LogP contribution is -2.43. The quantitative estimate of drug-likeness (QED) is 0.823. The highest BCUT2D eigenvalue weighted by molar-refractivity contribution is 5.39. The Morgan fingerprint density at radius 2 is 2.33 bits per heavy atom. The molecule has 1 aromatic rings. The Hall–Kier alpha value is -1.10. The number of hydrogen-bond acceptors (Lipinski definition) is 4. The molecule has 2 aliphatic heterocycles. The third-order valence-corrected chi connectivity index (χ3v) is 3.46. The first-order valence-corrected chi connectivity index (χ1v) is 6.69. The molecule has 0 amide bonds. The molecule has 0 saturated carbocycles. The Morgan fingerprint density at radius 3 is 3.22 bits per heavy atom. The van der Waals surface area contributed by atoms with E-state index in [9.17, 15) is 0 Å². The van der Waals surface area contributed by atoms with Crippen LogP contribution in [0.3, 0.4) is 0 Å². The number of ether oxygens (including phenoxy) is 2. The standard InChI is InChI=1S/C14H20N2O2/c1-2-14-12(3-5-18-14)7-11(1)8-16-10-13-9-15-4-6-17-13/h1-2,7,13,15-16H,3-6,8-10H2. The van der Waals surface area contributed by atoms with Gasteiger partial charge in [-0.1, -0.05) is 12.1 Å². The van der Waals surface area contributed by atoms with Crippen molar-refractivity contribution in [2.24, 2.45) is 0 Å². The topological polar surface area (TPSA) is 42.5 Å². The van der Waals surface area contributed by atoms with Gasteiger partial charge in [-0.05, 0) is 17.2 Å². The molecule has 0 spiro atoms. The van der Waals surface area contributed by atoms with Crippen LogP contribution in [0.4, 0.5) is 0 Å². The molecule has 2 aliphatic rings. The fraction of sp³-hybridized carbons (Fsp3) is 0.571. The minimum Gasteiger partial charge on any atom is -0.493 e. The summed E-state index contributed by atoms with van der Waals surface area (Å²) in [6.45, 7) is 5.37. The molecule has 1 unspecified atom stereocenters. The summed E-state index contributed by atoms with van der Waals surface area (Å²) in [7, 11) is 0. The molecule has 1 saturated heterocycles. The van der Waals surface area contributed by atoms with Crippen molar-refractivity contribution in [3.63, 3.8) is 0 Å². The van der Waals surface area contributed by atoms with E-state index in [0.717, 1.165) is 51.6 Å². The van der Waals surface area contributed by atoms with Gasteiger partial charge in [0.15, 0.2) is 0 Å². The summed E-state index contributed by atoms with van der Waals surface area (Å²) in [5.74, 6) is 1.05. The zero-order valence-corrected chi connectivity index (χ0v) is 10.6. The van der Waals surface area contributed by atoms with Gasteiger partial charge in [0.25, 0.3) is 0 Å². The highest BCUT2D eigenvalue weighted by Crippen LogP contribution is 2.25. The molecule has 98 valence electrons. The van der Waals surface area contributed by atoms with E-state index in [1.807, 2.05) is 0 Å². The maximum atomic E-state index is 5.64. The van der Waals surface area contributed by atoms with E-state index < -0.39 is 0 Å². The lowest BCUT2D eigenvalue weighted by Gasteiger charge is -2.23. The highest BCUT2D eigenvalue weighted by atomic mass is 16.5. The van der Waals surface area contributed by atoms with Gasteiger partial charge in [0.05, 0.1) is 19.3 Å². The Bertz CT molecular complexity index is 403. The molecule has 0 radical (unpaired) electrons. The van der Waals surface area contributed by atoms with Crippen molar-refractivity contribution in [3.8, 4) is 5.75 Å². The average molecular weight is 248 g/mol. The molecule has 2 heterocycles. The van der Waals surface area contributed by atoms with E-state index in [4.69, 9.17) is 9.47 Å². The fourth-order valence-electron chi connectivity index (χ4n) is 2.48. The Balaban J connectivity index is 1.48. The van der Waals surface area contributed by atoms with Gasteiger partial charge < -0.3 is 20.1 Å². The zero-order valence-electron chi connectivity index (χ0n) is 10.6. The number of hydrogen-bond donors (Lipinski definition) is 2. The molecule has 3 rings (SSSR count). The molecule has 1 aromatic carbocycles. The first-order chi connectivity index (χ1) is 8.92. The van der Waals surface area contributed by atoms with Crippen LogP contribution in [0, 0.1) is 0 Å². The van der Waals surface area contributed by atoms with Crippen molar-refractivity contribution in [1.29, 1.82) is 0 Å². The zero-order chi connectivity index (χ0) is 12.2. The van der Waals surface area contributed by atoms with Crippen LogP contribution in [0.5, 0.6) is 5.75 Å². The fourth-order valence-corrected chi connectivity index (χ4v) is 2.48. The second-order valence-electron chi connectivity index (χ2n) is 4.87. The molecule has 1 atom stereocenters. The van der Waals surface area contributed by atoms with Crippen LogP contribution >= 0.6 is 0 Å². The highest BCUT2D eigenvalue weighted by Gasteiger charge is 2.14. The minimum atomic E-state index is 0.302. The molecule has 0 aliphatic carbocycles. The van der Waals surface area contributed by atoms with E-state index in [0.29, 0.717) is 6.10 Å². The van der Waals surface area contributed by atoms with Crippen molar-refractivity contribution in [2.45, 2.75) is 19.1 Å². The van der Waals surface area contributed by atoms with Crippen LogP contribution in [-0.4, -0.2) is 39.0 Å². The second-order valence-corrected chi connectivity index (χ2v) is 4.87. The summed E-state index contributed by atoms with van der Waals surface area (Å²) < 4.78 is 11.1. The van der Waals surface area contributed by atoms with Crippen molar-refractivity contribution < 1.29 is 9.47 Å². The SMILES string of the molecule is c1cc2c(cc1CNCC1CNCCO1)CCO2. The smallest absolute Gasteiger partial charge is 0.122 e. The summed E-state index contributed by atoms with van der Waals surface area (Å²) >= 11 is 0. The average Bonchev–Trinajstić information content (AvgIpc) is 2.87. The van der Waals surface area contributed by atoms with Crippen LogP contribution in [0.1, 0.15) is 11.1 Å². The van der Waals surface area contributed by atoms with E-state index in [1.165, 1.54) is 11.1 Å². The molecule has 18 heavy (non-hydrogen) atoms. The van der Waals surface area contributed by atoms with Crippen molar-refractivity contribution in [3.05, 3.63) is 29.3 Å². The monoisotopic (exact) mass is 248 g/mol. The summed E-state index contributed by atoms with van der Waals surface area (Å²) in [4.78, 5) is 0. The van der Waals surface area contributed by atoms with Gasteiger partial charge in [-0.15, -0.1) is 0 Å². The van der Waals surface area contributed by atoms with Crippen LogP contribution in [-0.2, 0) is 17.7 Å². The van der Waals surface area contributed by atoms with Gasteiger partial charge in [0.1, 0.15) is 5.75 Å². The van der Waals surface area contributed by atoms with Gasteiger partial charge in [-0.25, -0.2) is 0 Å². The van der Waals surface area contributed by atoms with Crippen LogP contribution in [0.25, 0.3) is 0 Å². The van der Waals surface area contributed by atoms with E-state index in [1.54, 1.807) is 0 Å². The molecule has 0 bridgehead atoms. The number of benzene rings is 1. The van der Waals surface area contributed by atoms with Crippen molar-refractivity contribution >= 4 is 0 Å². The minimum absolute atomic E-state index is 0.302. The maximum Gasteiger partial charge on any atom is 0.122 e. The number of morpholine rings is 1. The van der Waals surface area contributed by atoms with Gasteiger partial charge >= 0.3 is 0 Å². The van der Waals surface area contributed by atoms with Crippen molar-refractivity contribution in [1.82, 2.24) is 10.6 Å². The lowest BCUT2D eigenvalue weighted by atomic mass is 10.1. The van der Waals surface area contributed by atoms with Crippen LogP contribution in [0.2, 0.25) is 0 Å². The number of fused-ring (bicyclic) bond motifs is 1. The molecule has 4 heteroatoms. The first-order valence-electron chi connectivity index (χ1n) is 6.69. The number of nitrogens with one attached hydrogen (secondary N) is 2. The van der Waals surface area contributed by atoms with Gasteiger partial charge in [0.2, 0.25) is 0 Å². The largest absolute Gasteiger partial charge is 0.493 e. The third kappa shape index (κ3) is 2.83. The predicted octanol–water partition coefficient (Wildman–Crippen LogP) is 0.699. The first kappa shape index (κ1) is 12.0. The summed E-state index contributed by atoms with van der Waals surface area (Å²) in [5, 5.41) is 6.79. The van der Waals surface area contributed by atoms with Gasteiger partial charge in [-0.2, -0.15) is 0 Å². The maximum absolute atomic E-state index is 5.64. The van der Waals surface area contributed by atoms with Crippen molar-refractivity contribution in [2.75, 3.05) is 32.8 Å². The number of rotatable bonds is 4. The second kappa shape index (κ2) is 5.69. The van der Waals surface area contributed by atoms with Gasteiger partial charge in [-0.3, -0.25) is 0 Å². The van der Waals surface area contributed by atoms with E-state index in [2.05, 4.69) is 28.8 Å². The third-order valence-electron chi connectivity index (χ3n) is 3.46. The molecular formula is C14H20N2O2. The van der Waals surface area contributed by atoms with E-state index in [-0.39, 0.29) is 0 Å². The summed E-state index contributed by atoms with van der Waals surface area (Å²) in [6.07, 6.45) is 1.34. The van der Waals surface area contributed by atoms with Crippen LogP contribution in [0.15, 0.2) is 18.2 Å². The predicted molar refractivity (Wildman–Crippen MR) is 70.0 cm³/mol.